The maximum atomic E-state index is 12.2. The van der Waals surface area contributed by atoms with Gasteiger partial charge in [-0.3, -0.25) is 4.79 Å². The van der Waals surface area contributed by atoms with Crippen molar-refractivity contribution in [2.24, 2.45) is 7.05 Å². The van der Waals surface area contributed by atoms with E-state index >= 15 is 0 Å². The number of benzene rings is 1. The molecule has 1 atom stereocenters. The van der Waals surface area contributed by atoms with E-state index in [1.54, 1.807) is 14.2 Å². The number of aryl methyl sites for hydroxylation is 2. The van der Waals surface area contributed by atoms with E-state index in [0.717, 1.165) is 29.5 Å². The fourth-order valence-corrected chi connectivity index (χ4v) is 3.06. The summed E-state index contributed by atoms with van der Waals surface area (Å²) in [7, 11) is 3.19. The molecule has 1 N–H and O–H groups in total. The summed E-state index contributed by atoms with van der Waals surface area (Å²) >= 11 is 0. The molecule has 0 spiro atoms. The van der Waals surface area contributed by atoms with Crippen LogP contribution in [0.15, 0.2) is 22.7 Å². The monoisotopic (exact) mass is 355 g/mol. The molecule has 0 saturated heterocycles. The molecular formula is C16H17N7O3. The van der Waals surface area contributed by atoms with Crippen molar-refractivity contribution in [3.05, 3.63) is 41.0 Å². The predicted octanol–water partition coefficient (Wildman–Crippen LogP) is 0.824. The Labute approximate surface area is 148 Å². The average Bonchev–Trinajstić information content (AvgIpc) is 3.35. The van der Waals surface area contributed by atoms with E-state index in [1.165, 1.54) is 4.80 Å². The fraction of sp³-hybridized carbons (Fsp3) is 0.375. The molecule has 1 aliphatic carbocycles. The Bertz CT molecular complexity index is 949. The number of nitrogens with zero attached hydrogens (tertiary/aromatic N) is 6. The van der Waals surface area contributed by atoms with Crippen molar-refractivity contribution >= 4 is 5.91 Å². The summed E-state index contributed by atoms with van der Waals surface area (Å²) in [5.74, 6) is 0.693. The van der Waals surface area contributed by atoms with Gasteiger partial charge >= 0.3 is 0 Å². The Hall–Kier alpha value is -3.14. The maximum absolute atomic E-state index is 12.2. The summed E-state index contributed by atoms with van der Waals surface area (Å²) in [5, 5.41) is 18.3. The molecule has 3 aromatic rings. The molecule has 10 heteroatoms. The molecule has 0 bridgehead atoms. The van der Waals surface area contributed by atoms with Crippen LogP contribution in [0, 0.1) is 0 Å². The van der Waals surface area contributed by atoms with Crippen LogP contribution in [0.3, 0.4) is 0 Å². The molecule has 0 radical (unpaired) electrons. The molecule has 0 saturated carbocycles. The minimum atomic E-state index is -0.331. The van der Waals surface area contributed by atoms with Crippen LogP contribution in [-0.4, -0.2) is 43.4 Å². The van der Waals surface area contributed by atoms with Crippen LogP contribution in [0.25, 0.3) is 11.4 Å². The first kappa shape index (κ1) is 16.3. The normalized spacial score (nSPS) is 15.8. The molecule has 26 heavy (non-hydrogen) atoms. The van der Waals surface area contributed by atoms with Gasteiger partial charge in [0, 0.05) is 12.7 Å². The van der Waals surface area contributed by atoms with Crippen molar-refractivity contribution in [3.63, 3.8) is 0 Å². The summed E-state index contributed by atoms with van der Waals surface area (Å²) in [5.41, 5.74) is 3.10. The van der Waals surface area contributed by atoms with Crippen molar-refractivity contribution in [1.82, 2.24) is 35.7 Å². The van der Waals surface area contributed by atoms with Gasteiger partial charge < -0.3 is 14.6 Å². The summed E-state index contributed by atoms with van der Waals surface area (Å²) in [6.07, 6.45) is 1.66. The first-order valence-corrected chi connectivity index (χ1v) is 8.13. The molecule has 1 amide bonds. The molecule has 2 aromatic heterocycles. The number of hydrogen-bond donors (Lipinski definition) is 1. The van der Waals surface area contributed by atoms with Crippen molar-refractivity contribution in [3.8, 4) is 11.4 Å². The lowest BCUT2D eigenvalue weighted by Crippen LogP contribution is -2.28. The van der Waals surface area contributed by atoms with Crippen molar-refractivity contribution < 1.29 is 14.1 Å². The van der Waals surface area contributed by atoms with Gasteiger partial charge in [0.2, 0.25) is 5.82 Å². The largest absolute Gasteiger partial charge is 0.375 e. The number of aromatic nitrogens is 6. The Morgan fingerprint density at radius 2 is 2.35 bits per heavy atom. The third-order valence-electron chi connectivity index (χ3n) is 4.23. The number of nitrogens with one attached hydrogen (secondary N) is 1. The maximum Gasteiger partial charge on any atom is 0.293 e. The summed E-state index contributed by atoms with van der Waals surface area (Å²) in [6, 6.07) is 5.86. The second kappa shape index (κ2) is 6.64. The van der Waals surface area contributed by atoms with Gasteiger partial charge in [0.05, 0.1) is 13.1 Å². The third kappa shape index (κ3) is 3.06. The van der Waals surface area contributed by atoms with Crippen LogP contribution in [0.2, 0.25) is 0 Å². The first-order valence-electron chi connectivity index (χ1n) is 8.13. The molecule has 1 aliphatic rings. The van der Waals surface area contributed by atoms with Crippen LogP contribution in [0.1, 0.15) is 40.1 Å². The van der Waals surface area contributed by atoms with E-state index < -0.39 is 0 Å². The van der Waals surface area contributed by atoms with Gasteiger partial charge in [0.1, 0.15) is 6.61 Å². The van der Waals surface area contributed by atoms with E-state index in [2.05, 4.69) is 30.9 Å². The SMILES string of the molecule is COCc1nc(-c2ccc3c(c2)CCC3NC(=O)c2nnn(C)n2)no1. The van der Waals surface area contributed by atoms with E-state index in [1.807, 2.05) is 18.2 Å². The highest BCUT2D eigenvalue weighted by molar-refractivity contribution is 5.90. The molecule has 10 nitrogen and oxygen atoms in total. The number of fused-ring (bicyclic) bond motifs is 1. The molecular weight excluding hydrogens is 338 g/mol. The number of methoxy groups -OCH3 is 1. The number of carbonyl (C=O) groups excluding carboxylic acids is 1. The van der Waals surface area contributed by atoms with E-state index in [-0.39, 0.29) is 24.4 Å². The van der Waals surface area contributed by atoms with Crippen LogP contribution in [0.5, 0.6) is 0 Å². The van der Waals surface area contributed by atoms with Gasteiger partial charge in [-0.1, -0.05) is 17.3 Å². The fourth-order valence-electron chi connectivity index (χ4n) is 3.06. The van der Waals surface area contributed by atoms with Crippen LogP contribution in [-0.2, 0) is 24.8 Å². The van der Waals surface area contributed by atoms with Crippen molar-refractivity contribution in [1.29, 1.82) is 0 Å². The molecule has 0 aliphatic heterocycles. The third-order valence-corrected chi connectivity index (χ3v) is 4.23. The minimum Gasteiger partial charge on any atom is -0.375 e. The first-order chi connectivity index (χ1) is 12.6. The molecule has 0 fully saturated rings. The Morgan fingerprint density at radius 1 is 1.46 bits per heavy atom. The van der Waals surface area contributed by atoms with Crippen LogP contribution >= 0.6 is 0 Å². The molecule has 4 rings (SSSR count). The number of tetrazole rings is 1. The smallest absolute Gasteiger partial charge is 0.293 e. The van der Waals surface area contributed by atoms with Crippen molar-refractivity contribution in [2.75, 3.05) is 7.11 Å². The highest BCUT2D eigenvalue weighted by Gasteiger charge is 2.26. The van der Waals surface area contributed by atoms with Gasteiger partial charge in [0.25, 0.3) is 17.6 Å². The number of amides is 1. The lowest BCUT2D eigenvalue weighted by Gasteiger charge is -2.12. The predicted molar refractivity (Wildman–Crippen MR) is 87.8 cm³/mol. The molecule has 2 heterocycles. The van der Waals surface area contributed by atoms with E-state index in [4.69, 9.17) is 9.26 Å². The lowest BCUT2D eigenvalue weighted by molar-refractivity contribution is 0.0926. The van der Waals surface area contributed by atoms with Gasteiger partial charge in [-0.05, 0) is 35.2 Å². The zero-order valence-electron chi connectivity index (χ0n) is 14.3. The average molecular weight is 355 g/mol. The molecule has 1 aromatic carbocycles. The van der Waals surface area contributed by atoms with Gasteiger partial charge in [-0.25, -0.2) is 0 Å². The zero-order valence-corrected chi connectivity index (χ0v) is 14.3. The minimum absolute atomic E-state index is 0.0649. The quantitative estimate of drug-likeness (QED) is 0.714. The number of ether oxygens (including phenoxy) is 1. The van der Waals surface area contributed by atoms with Crippen molar-refractivity contribution in [2.45, 2.75) is 25.5 Å². The Balaban J connectivity index is 1.51. The van der Waals surface area contributed by atoms with E-state index in [9.17, 15) is 4.79 Å². The summed E-state index contributed by atoms with van der Waals surface area (Å²) in [6.45, 7) is 0.280. The zero-order chi connectivity index (χ0) is 18.1. The summed E-state index contributed by atoms with van der Waals surface area (Å²) in [4.78, 5) is 17.8. The van der Waals surface area contributed by atoms with Crippen LogP contribution in [0.4, 0.5) is 0 Å². The second-order valence-electron chi connectivity index (χ2n) is 6.03. The second-order valence-corrected chi connectivity index (χ2v) is 6.03. The molecule has 134 valence electrons. The topological polar surface area (TPSA) is 121 Å². The molecule has 1 unspecified atom stereocenters. The van der Waals surface area contributed by atoms with E-state index in [0.29, 0.717) is 11.7 Å². The Kier molecular flexibility index (Phi) is 4.17. The number of hydrogen-bond acceptors (Lipinski definition) is 8. The summed E-state index contributed by atoms with van der Waals surface area (Å²) < 4.78 is 10.1. The van der Waals surface area contributed by atoms with Gasteiger partial charge in [-0.2, -0.15) is 9.78 Å². The van der Waals surface area contributed by atoms with Gasteiger partial charge in [-0.15, -0.1) is 10.2 Å². The number of carbonyl (C=O) groups is 1. The Morgan fingerprint density at radius 3 is 3.12 bits per heavy atom. The highest BCUT2D eigenvalue weighted by Crippen LogP contribution is 2.33. The highest BCUT2D eigenvalue weighted by atomic mass is 16.5. The lowest BCUT2D eigenvalue weighted by atomic mass is 10.0. The van der Waals surface area contributed by atoms with Crippen LogP contribution < -0.4 is 5.32 Å². The standard InChI is InChI=1S/C16H17N7O3/c1-23-20-15(19-22-23)16(24)17-12-6-4-9-7-10(3-5-11(9)12)14-18-13(8-25-2)26-21-14/h3,5,7,12H,4,6,8H2,1-2H3,(H,17,24). The number of rotatable bonds is 5. The van der Waals surface area contributed by atoms with Gasteiger partial charge in [0.15, 0.2) is 0 Å².